The third-order valence-electron chi connectivity index (χ3n) is 5.10. The van der Waals surface area contributed by atoms with E-state index in [1.807, 2.05) is 18.2 Å². The predicted molar refractivity (Wildman–Crippen MR) is 96.1 cm³/mol. The first kappa shape index (κ1) is 17.2. The van der Waals surface area contributed by atoms with Gasteiger partial charge < -0.3 is 9.47 Å². The van der Waals surface area contributed by atoms with Gasteiger partial charge in [-0.3, -0.25) is 9.59 Å². The number of methoxy groups -OCH3 is 2. The van der Waals surface area contributed by atoms with E-state index in [-0.39, 0.29) is 12.3 Å². The van der Waals surface area contributed by atoms with Crippen molar-refractivity contribution < 1.29 is 19.1 Å². The van der Waals surface area contributed by atoms with E-state index in [9.17, 15) is 9.59 Å². The molecular weight excluding hydrogens is 316 g/mol. The van der Waals surface area contributed by atoms with E-state index in [2.05, 4.69) is 30.8 Å². The van der Waals surface area contributed by atoms with E-state index in [0.29, 0.717) is 6.42 Å². The number of benzene rings is 2. The molecule has 0 aromatic heterocycles. The zero-order chi connectivity index (χ0) is 18.0. The van der Waals surface area contributed by atoms with Gasteiger partial charge in [0, 0.05) is 0 Å². The van der Waals surface area contributed by atoms with Gasteiger partial charge in [-0.1, -0.05) is 54.6 Å². The van der Waals surface area contributed by atoms with Crippen molar-refractivity contribution in [3.8, 4) is 0 Å². The molecule has 2 aromatic carbocycles. The van der Waals surface area contributed by atoms with Gasteiger partial charge in [0.1, 0.15) is 0 Å². The Balaban J connectivity index is 2.09. The molecule has 1 unspecified atom stereocenters. The predicted octanol–water partition coefficient (Wildman–Crippen LogP) is 4.00. The first-order valence-electron chi connectivity index (χ1n) is 8.33. The Bertz CT molecular complexity index is 815. The third-order valence-corrected chi connectivity index (χ3v) is 5.10. The highest BCUT2D eigenvalue weighted by Gasteiger charge is 2.52. The van der Waals surface area contributed by atoms with Gasteiger partial charge in [-0.15, -0.1) is 0 Å². The van der Waals surface area contributed by atoms with Crippen LogP contribution in [-0.4, -0.2) is 26.2 Å². The fraction of sp³-hybridized carbons (Fsp3) is 0.333. The maximum Gasteiger partial charge on any atom is 0.323 e. The molecule has 0 saturated heterocycles. The number of esters is 2. The molecule has 0 heterocycles. The number of carbonyl (C=O) groups excluding carboxylic acids is 2. The highest BCUT2D eigenvalue weighted by Crippen LogP contribution is 2.48. The second kappa shape index (κ2) is 6.71. The molecular formula is C21H22O4. The first-order valence-corrected chi connectivity index (χ1v) is 8.33. The highest BCUT2D eigenvalue weighted by atomic mass is 16.5. The fourth-order valence-electron chi connectivity index (χ4n) is 4.02. The van der Waals surface area contributed by atoms with Crippen molar-refractivity contribution in [2.24, 2.45) is 5.41 Å². The minimum atomic E-state index is -1.32. The summed E-state index contributed by atoms with van der Waals surface area (Å²) in [4.78, 5) is 25.0. The van der Waals surface area contributed by atoms with Gasteiger partial charge in [0.25, 0.3) is 0 Å². The second-order valence-electron chi connectivity index (χ2n) is 6.67. The quantitative estimate of drug-likeness (QED) is 0.482. The van der Waals surface area contributed by atoms with E-state index in [4.69, 9.17) is 9.47 Å². The number of hydrogen-bond donors (Lipinski definition) is 0. The maximum absolute atomic E-state index is 12.5. The van der Waals surface area contributed by atoms with E-state index < -0.39 is 17.4 Å². The molecule has 25 heavy (non-hydrogen) atoms. The van der Waals surface area contributed by atoms with Crippen LogP contribution in [0.4, 0.5) is 0 Å². The van der Waals surface area contributed by atoms with Crippen LogP contribution in [-0.2, 0) is 19.1 Å². The summed E-state index contributed by atoms with van der Waals surface area (Å²) in [5.74, 6) is -1.10. The number of ether oxygens (including phenoxy) is 2. The molecule has 1 atom stereocenters. The number of hydrogen-bond acceptors (Lipinski definition) is 4. The topological polar surface area (TPSA) is 52.6 Å². The minimum absolute atomic E-state index is 0.00514. The lowest BCUT2D eigenvalue weighted by Gasteiger charge is -2.37. The minimum Gasteiger partial charge on any atom is -0.468 e. The smallest absolute Gasteiger partial charge is 0.323 e. The molecule has 0 amide bonds. The summed E-state index contributed by atoms with van der Waals surface area (Å²) in [6.45, 7) is 4.08. The Labute approximate surface area is 147 Å². The van der Waals surface area contributed by atoms with Crippen LogP contribution in [0.3, 0.4) is 0 Å². The van der Waals surface area contributed by atoms with Crippen molar-refractivity contribution in [2.45, 2.75) is 25.2 Å². The first-order chi connectivity index (χ1) is 12.0. The van der Waals surface area contributed by atoms with Crippen LogP contribution in [0, 0.1) is 5.41 Å². The van der Waals surface area contributed by atoms with Gasteiger partial charge in [-0.25, -0.2) is 0 Å². The zero-order valence-electron chi connectivity index (χ0n) is 14.6. The molecule has 0 spiro atoms. The summed E-state index contributed by atoms with van der Waals surface area (Å²) < 4.78 is 9.91. The lowest BCUT2D eigenvalue weighted by Crippen LogP contribution is -2.45. The zero-order valence-corrected chi connectivity index (χ0v) is 14.6. The van der Waals surface area contributed by atoms with Crippen LogP contribution in [0.25, 0.3) is 10.8 Å². The van der Waals surface area contributed by atoms with E-state index in [1.54, 1.807) is 0 Å². The fourth-order valence-corrected chi connectivity index (χ4v) is 4.02. The molecule has 4 nitrogen and oxygen atoms in total. The van der Waals surface area contributed by atoms with Crippen LogP contribution < -0.4 is 0 Å². The van der Waals surface area contributed by atoms with Gasteiger partial charge in [0.05, 0.1) is 14.2 Å². The molecule has 0 N–H and O–H groups in total. The van der Waals surface area contributed by atoms with E-state index in [0.717, 1.165) is 28.3 Å². The van der Waals surface area contributed by atoms with Crippen molar-refractivity contribution in [3.63, 3.8) is 0 Å². The monoisotopic (exact) mass is 338 g/mol. The van der Waals surface area contributed by atoms with E-state index in [1.165, 1.54) is 14.2 Å². The van der Waals surface area contributed by atoms with Crippen LogP contribution >= 0.6 is 0 Å². The summed E-state index contributed by atoms with van der Waals surface area (Å²) in [5, 5.41) is 2.27. The van der Waals surface area contributed by atoms with Crippen molar-refractivity contribution >= 4 is 22.7 Å². The standard InChI is InChI=1S/C21H22O4/c1-14-11-16(13-21(12-14,19(22)24-2)20(23)25-3)18-10-6-8-15-7-4-5-9-17(15)18/h4-10,16H,1,11-13H2,2-3H3. The summed E-state index contributed by atoms with van der Waals surface area (Å²) in [7, 11) is 2.61. The van der Waals surface area contributed by atoms with Crippen LogP contribution in [0.2, 0.25) is 0 Å². The summed E-state index contributed by atoms with van der Waals surface area (Å²) >= 11 is 0. The number of fused-ring (bicyclic) bond motifs is 1. The molecule has 0 radical (unpaired) electrons. The molecule has 3 rings (SSSR count). The molecule has 0 bridgehead atoms. The Morgan fingerprint density at radius 3 is 2.36 bits per heavy atom. The van der Waals surface area contributed by atoms with E-state index >= 15 is 0 Å². The Morgan fingerprint density at radius 2 is 1.68 bits per heavy atom. The Morgan fingerprint density at radius 1 is 1.04 bits per heavy atom. The Kier molecular flexibility index (Phi) is 4.62. The maximum atomic E-state index is 12.5. The summed E-state index contributed by atoms with van der Waals surface area (Å²) in [6, 6.07) is 14.3. The van der Waals surface area contributed by atoms with Gasteiger partial charge in [-0.2, -0.15) is 0 Å². The average Bonchev–Trinajstić information content (AvgIpc) is 2.65. The lowest BCUT2D eigenvalue weighted by molar-refractivity contribution is -0.171. The van der Waals surface area contributed by atoms with Crippen LogP contribution in [0.1, 0.15) is 30.7 Å². The van der Waals surface area contributed by atoms with Crippen molar-refractivity contribution in [2.75, 3.05) is 14.2 Å². The Hall–Kier alpha value is -2.62. The third kappa shape index (κ3) is 2.93. The van der Waals surface area contributed by atoms with Crippen LogP contribution in [0.5, 0.6) is 0 Å². The number of carbonyl (C=O) groups is 2. The highest BCUT2D eigenvalue weighted by molar-refractivity contribution is 6.01. The molecule has 1 saturated carbocycles. The second-order valence-corrected chi connectivity index (χ2v) is 6.67. The molecule has 0 aliphatic heterocycles. The number of allylic oxidation sites excluding steroid dienone is 1. The normalized spacial score (nSPS) is 19.4. The average molecular weight is 338 g/mol. The summed E-state index contributed by atoms with van der Waals surface area (Å²) in [5.41, 5.74) is 0.664. The molecule has 4 heteroatoms. The van der Waals surface area contributed by atoms with Crippen molar-refractivity contribution in [3.05, 3.63) is 60.2 Å². The van der Waals surface area contributed by atoms with Gasteiger partial charge in [0.2, 0.25) is 0 Å². The largest absolute Gasteiger partial charge is 0.468 e. The van der Waals surface area contributed by atoms with Gasteiger partial charge in [-0.05, 0) is 41.5 Å². The molecule has 2 aromatic rings. The van der Waals surface area contributed by atoms with Gasteiger partial charge in [0.15, 0.2) is 5.41 Å². The molecule has 1 aliphatic rings. The number of rotatable bonds is 3. The van der Waals surface area contributed by atoms with Crippen molar-refractivity contribution in [1.29, 1.82) is 0 Å². The van der Waals surface area contributed by atoms with Crippen LogP contribution in [0.15, 0.2) is 54.6 Å². The summed E-state index contributed by atoms with van der Waals surface area (Å²) in [6.07, 6.45) is 1.37. The lowest BCUT2D eigenvalue weighted by atomic mass is 9.65. The molecule has 1 aliphatic carbocycles. The molecule has 130 valence electrons. The molecule has 1 fully saturated rings. The van der Waals surface area contributed by atoms with Gasteiger partial charge >= 0.3 is 11.9 Å². The van der Waals surface area contributed by atoms with Crippen molar-refractivity contribution in [1.82, 2.24) is 0 Å². The SMILES string of the molecule is C=C1CC(c2cccc3ccccc23)CC(C(=O)OC)(C(=O)OC)C1.